The number of nitrogens with zero attached hydrogens (tertiary/aromatic N) is 2. The summed E-state index contributed by atoms with van der Waals surface area (Å²) < 4.78 is 0. The van der Waals surface area contributed by atoms with Crippen molar-refractivity contribution >= 4 is 5.82 Å². The van der Waals surface area contributed by atoms with Gasteiger partial charge in [0.2, 0.25) is 0 Å². The quantitative estimate of drug-likeness (QED) is 0.757. The second-order valence-corrected chi connectivity index (χ2v) is 3.96. The van der Waals surface area contributed by atoms with Gasteiger partial charge in [-0.1, -0.05) is 0 Å². The van der Waals surface area contributed by atoms with E-state index in [9.17, 15) is 0 Å². The Labute approximate surface area is 88.6 Å². The zero-order valence-electron chi connectivity index (χ0n) is 8.57. The number of hydrogen-bond donors (Lipinski definition) is 2. The van der Waals surface area contributed by atoms with Crippen LogP contribution in [0.5, 0.6) is 0 Å². The van der Waals surface area contributed by atoms with E-state index in [1.165, 1.54) is 0 Å². The Kier molecular flexibility index (Phi) is 2.57. The fourth-order valence-electron chi connectivity index (χ4n) is 1.72. The van der Waals surface area contributed by atoms with Crippen LogP contribution in [0.2, 0.25) is 0 Å². The van der Waals surface area contributed by atoms with Gasteiger partial charge in [0.05, 0.1) is 17.7 Å². The van der Waals surface area contributed by atoms with Crippen LogP contribution in [0, 0.1) is 18.3 Å². The molecule has 1 aliphatic rings. The van der Waals surface area contributed by atoms with Crippen molar-refractivity contribution in [2.24, 2.45) is 0 Å². The van der Waals surface area contributed by atoms with Crippen LogP contribution in [0.3, 0.4) is 0 Å². The molecule has 1 heterocycles. The summed E-state index contributed by atoms with van der Waals surface area (Å²) >= 11 is 0. The molecule has 0 atom stereocenters. The van der Waals surface area contributed by atoms with Gasteiger partial charge >= 0.3 is 0 Å². The van der Waals surface area contributed by atoms with E-state index in [1.54, 1.807) is 12.1 Å². The van der Waals surface area contributed by atoms with Crippen molar-refractivity contribution in [2.75, 3.05) is 5.32 Å². The van der Waals surface area contributed by atoms with Gasteiger partial charge in [0.25, 0.3) is 0 Å². The number of aliphatic hydroxyl groups is 1. The Morgan fingerprint density at radius 3 is 2.87 bits per heavy atom. The molecule has 1 aromatic heterocycles. The normalized spacial score (nSPS) is 24.1. The number of rotatable bonds is 2. The Hall–Kier alpha value is -1.60. The van der Waals surface area contributed by atoms with E-state index in [0.717, 1.165) is 24.4 Å². The maximum Gasteiger partial charge on any atom is 0.127 e. The fourth-order valence-corrected chi connectivity index (χ4v) is 1.72. The summed E-state index contributed by atoms with van der Waals surface area (Å²) in [5.74, 6) is 0.725. The smallest absolute Gasteiger partial charge is 0.127 e. The molecule has 4 nitrogen and oxygen atoms in total. The van der Waals surface area contributed by atoms with Gasteiger partial charge in [-0.2, -0.15) is 5.26 Å². The van der Waals surface area contributed by atoms with Crippen LogP contribution < -0.4 is 5.32 Å². The number of hydrogen-bond acceptors (Lipinski definition) is 4. The zero-order valence-corrected chi connectivity index (χ0v) is 8.57. The third kappa shape index (κ3) is 2.25. The molecule has 0 radical (unpaired) electrons. The van der Waals surface area contributed by atoms with Crippen LogP contribution in [-0.4, -0.2) is 22.2 Å². The number of nitrogens with one attached hydrogen (secondary N) is 1. The van der Waals surface area contributed by atoms with Gasteiger partial charge in [-0.25, -0.2) is 4.98 Å². The van der Waals surface area contributed by atoms with Crippen molar-refractivity contribution in [1.29, 1.82) is 5.26 Å². The van der Waals surface area contributed by atoms with E-state index >= 15 is 0 Å². The zero-order chi connectivity index (χ0) is 10.8. The highest BCUT2D eigenvalue weighted by Crippen LogP contribution is 2.23. The molecule has 1 fully saturated rings. The standard InChI is InChI=1S/C11H13N3O/c1-7-2-8(6-12)3-11(13-7)14-9-4-10(15)5-9/h2-3,9-10,15H,4-5H2,1H3,(H,13,14). The first-order valence-corrected chi connectivity index (χ1v) is 5.01. The first kappa shape index (κ1) is 9.94. The average molecular weight is 203 g/mol. The van der Waals surface area contributed by atoms with E-state index in [0.29, 0.717) is 11.6 Å². The molecular weight excluding hydrogens is 190 g/mol. The number of aryl methyl sites for hydroxylation is 1. The van der Waals surface area contributed by atoms with Crippen molar-refractivity contribution < 1.29 is 5.11 Å². The fraction of sp³-hybridized carbons (Fsp3) is 0.455. The minimum atomic E-state index is -0.178. The first-order chi connectivity index (χ1) is 7.17. The van der Waals surface area contributed by atoms with E-state index in [-0.39, 0.29) is 6.10 Å². The molecular formula is C11H13N3O. The number of anilines is 1. The van der Waals surface area contributed by atoms with Crippen molar-refractivity contribution in [3.63, 3.8) is 0 Å². The van der Waals surface area contributed by atoms with Crippen LogP contribution in [0.4, 0.5) is 5.82 Å². The van der Waals surface area contributed by atoms with Crippen LogP contribution in [0.15, 0.2) is 12.1 Å². The Balaban J connectivity index is 2.08. The van der Waals surface area contributed by atoms with Crippen LogP contribution in [-0.2, 0) is 0 Å². The summed E-state index contributed by atoms with van der Waals surface area (Å²) in [6.07, 6.45) is 1.34. The summed E-state index contributed by atoms with van der Waals surface area (Å²) in [7, 11) is 0. The molecule has 4 heteroatoms. The van der Waals surface area contributed by atoms with Crippen LogP contribution in [0.1, 0.15) is 24.1 Å². The summed E-state index contributed by atoms with van der Waals surface area (Å²) in [5, 5.41) is 21.1. The van der Waals surface area contributed by atoms with Crippen LogP contribution in [0.25, 0.3) is 0 Å². The largest absolute Gasteiger partial charge is 0.393 e. The summed E-state index contributed by atoms with van der Waals surface area (Å²) in [4.78, 5) is 4.28. The molecule has 78 valence electrons. The lowest BCUT2D eigenvalue weighted by Crippen LogP contribution is -2.39. The van der Waals surface area contributed by atoms with E-state index < -0.39 is 0 Å². The Bertz CT molecular complexity index is 405. The molecule has 0 spiro atoms. The highest BCUT2D eigenvalue weighted by molar-refractivity contribution is 5.45. The number of pyridine rings is 1. The van der Waals surface area contributed by atoms with E-state index in [4.69, 9.17) is 10.4 Å². The SMILES string of the molecule is Cc1cc(C#N)cc(NC2CC(O)C2)n1. The van der Waals surface area contributed by atoms with E-state index in [1.807, 2.05) is 6.92 Å². The van der Waals surface area contributed by atoms with Crippen molar-refractivity contribution in [2.45, 2.75) is 31.9 Å². The lowest BCUT2D eigenvalue weighted by Gasteiger charge is -2.32. The third-order valence-electron chi connectivity index (χ3n) is 2.55. The Morgan fingerprint density at radius 2 is 2.27 bits per heavy atom. The van der Waals surface area contributed by atoms with Gasteiger partial charge in [0.15, 0.2) is 0 Å². The molecule has 0 unspecified atom stereocenters. The lowest BCUT2D eigenvalue weighted by atomic mass is 9.89. The maximum atomic E-state index is 9.14. The molecule has 0 saturated heterocycles. The molecule has 2 rings (SSSR count). The van der Waals surface area contributed by atoms with Crippen LogP contribution >= 0.6 is 0 Å². The minimum Gasteiger partial charge on any atom is -0.393 e. The van der Waals surface area contributed by atoms with Gasteiger partial charge in [-0.15, -0.1) is 0 Å². The van der Waals surface area contributed by atoms with Gasteiger partial charge in [-0.3, -0.25) is 0 Å². The predicted octanol–water partition coefficient (Wildman–Crippen LogP) is 1.20. The predicted molar refractivity (Wildman–Crippen MR) is 56.3 cm³/mol. The van der Waals surface area contributed by atoms with Crippen molar-refractivity contribution in [3.05, 3.63) is 23.4 Å². The molecule has 0 aliphatic heterocycles. The van der Waals surface area contributed by atoms with E-state index in [2.05, 4.69) is 16.4 Å². The third-order valence-corrected chi connectivity index (χ3v) is 2.55. The molecule has 0 bridgehead atoms. The molecule has 1 aliphatic carbocycles. The average Bonchev–Trinajstić information content (AvgIpc) is 2.14. The van der Waals surface area contributed by atoms with Gasteiger partial charge in [-0.05, 0) is 31.9 Å². The minimum absolute atomic E-state index is 0.178. The number of aliphatic hydroxyl groups excluding tert-OH is 1. The molecule has 1 saturated carbocycles. The maximum absolute atomic E-state index is 9.14. The molecule has 15 heavy (non-hydrogen) atoms. The monoisotopic (exact) mass is 203 g/mol. The van der Waals surface area contributed by atoms with Gasteiger partial charge in [0.1, 0.15) is 5.82 Å². The summed E-state index contributed by atoms with van der Waals surface area (Å²) in [6.45, 7) is 1.86. The highest BCUT2D eigenvalue weighted by atomic mass is 16.3. The summed E-state index contributed by atoms with van der Waals surface area (Å²) in [6, 6.07) is 5.87. The molecule has 2 N–H and O–H groups in total. The van der Waals surface area contributed by atoms with Crippen molar-refractivity contribution in [3.8, 4) is 6.07 Å². The second-order valence-electron chi connectivity index (χ2n) is 3.96. The summed E-state index contributed by atoms with van der Waals surface area (Å²) in [5.41, 5.74) is 1.45. The Morgan fingerprint density at radius 1 is 1.53 bits per heavy atom. The second kappa shape index (κ2) is 3.87. The molecule has 1 aromatic rings. The van der Waals surface area contributed by atoms with Gasteiger partial charge in [0, 0.05) is 11.7 Å². The molecule has 0 aromatic carbocycles. The molecule has 0 amide bonds. The number of nitriles is 1. The topological polar surface area (TPSA) is 68.9 Å². The van der Waals surface area contributed by atoms with Crippen molar-refractivity contribution in [1.82, 2.24) is 4.98 Å². The lowest BCUT2D eigenvalue weighted by molar-refractivity contribution is 0.0835. The number of aromatic nitrogens is 1. The highest BCUT2D eigenvalue weighted by Gasteiger charge is 2.27. The first-order valence-electron chi connectivity index (χ1n) is 5.01. The van der Waals surface area contributed by atoms with Gasteiger partial charge < -0.3 is 10.4 Å².